The topological polar surface area (TPSA) is 45.6 Å². The Bertz CT molecular complexity index is 400. The smallest absolute Gasteiger partial charge is 0.129 e. The molecular weight excluding hydrogens is 240 g/mol. The van der Waals surface area contributed by atoms with E-state index in [9.17, 15) is 0 Å². The van der Waals surface area contributed by atoms with Gasteiger partial charge in [0.15, 0.2) is 0 Å². The van der Waals surface area contributed by atoms with Crippen LogP contribution in [0.4, 0.5) is 5.82 Å². The van der Waals surface area contributed by atoms with E-state index in [-0.39, 0.29) is 18.8 Å². The first-order valence-electron chi connectivity index (χ1n) is 5.76. The Hall–Kier alpha value is -0.840. The number of aromatic nitrogens is 1. The summed E-state index contributed by atoms with van der Waals surface area (Å²) in [7, 11) is 0. The van der Waals surface area contributed by atoms with Crippen LogP contribution in [-0.2, 0) is 11.3 Å². The predicted molar refractivity (Wildman–Crippen MR) is 67.4 cm³/mol. The van der Waals surface area contributed by atoms with Crippen LogP contribution in [0, 0.1) is 0 Å². The quantitative estimate of drug-likeness (QED) is 0.877. The lowest BCUT2D eigenvalue weighted by atomic mass is 10.2. The molecule has 17 heavy (non-hydrogen) atoms. The van der Waals surface area contributed by atoms with Gasteiger partial charge in [-0.1, -0.05) is 11.6 Å². The molecule has 1 aliphatic rings. The normalized spacial score (nSPS) is 25.1. The molecule has 0 bridgehead atoms. The van der Waals surface area contributed by atoms with Crippen LogP contribution in [0.3, 0.4) is 0 Å². The van der Waals surface area contributed by atoms with Gasteiger partial charge < -0.3 is 14.7 Å². The van der Waals surface area contributed by atoms with Gasteiger partial charge in [-0.2, -0.15) is 0 Å². The van der Waals surface area contributed by atoms with Gasteiger partial charge in [0.05, 0.1) is 36.1 Å². The number of hydrogen-bond donors (Lipinski definition) is 1. The van der Waals surface area contributed by atoms with Crippen LogP contribution in [0.2, 0.25) is 5.02 Å². The summed E-state index contributed by atoms with van der Waals surface area (Å²) in [5, 5.41) is 9.67. The van der Waals surface area contributed by atoms with Crippen molar-refractivity contribution >= 4 is 17.4 Å². The SMILES string of the molecule is CC1CN(c2ccc(Cl)c(CO)n2)C(C)CO1. The van der Waals surface area contributed by atoms with E-state index in [0.717, 1.165) is 12.4 Å². The van der Waals surface area contributed by atoms with Crippen LogP contribution in [-0.4, -0.2) is 35.4 Å². The van der Waals surface area contributed by atoms with E-state index in [1.807, 2.05) is 13.0 Å². The van der Waals surface area contributed by atoms with Crippen molar-refractivity contribution in [1.29, 1.82) is 0 Å². The number of nitrogens with zero attached hydrogens (tertiary/aromatic N) is 2. The maximum absolute atomic E-state index is 9.17. The summed E-state index contributed by atoms with van der Waals surface area (Å²) >= 11 is 5.93. The average molecular weight is 257 g/mol. The zero-order valence-corrected chi connectivity index (χ0v) is 10.8. The van der Waals surface area contributed by atoms with Gasteiger partial charge in [-0.05, 0) is 26.0 Å². The first kappa shape index (κ1) is 12.6. The van der Waals surface area contributed by atoms with E-state index in [4.69, 9.17) is 21.4 Å². The molecule has 1 fully saturated rings. The molecule has 0 radical (unpaired) electrons. The van der Waals surface area contributed by atoms with Gasteiger partial charge in [0, 0.05) is 6.54 Å². The fraction of sp³-hybridized carbons (Fsp3) is 0.583. The van der Waals surface area contributed by atoms with Gasteiger partial charge >= 0.3 is 0 Å². The molecule has 94 valence electrons. The van der Waals surface area contributed by atoms with Crippen molar-refractivity contribution < 1.29 is 9.84 Å². The number of aliphatic hydroxyl groups is 1. The summed E-state index contributed by atoms with van der Waals surface area (Å²) in [5.74, 6) is 0.848. The third kappa shape index (κ3) is 2.70. The minimum absolute atomic E-state index is 0.138. The summed E-state index contributed by atoms with van der Waals surface area (Å²) in [6.45, 7) is 5.50. The monoisotopic (exact) mass is 256 g/mol. The molecule has 0 aromatic carbocycles. The Kier molecular flexibility index (Phi) is 3.86. The molecule has 1 aliphatic heterocycles. The molecule has 1 saturated heterocycles. The van der Waals surface area contributed by atoms with Crippen molar-refractivity contribution in [2.45, 2.75) is 32.6 Å². The highest BCUT2D eigenvalue weighted by Gasteiger charge is 2.24. The maximum atomic E-state index is 9.17. The van der Waals surface area contributed by atoms with Gasteiger partial charge in [0.2, 0.25) is 0 Å². The lowest BCUT2D eigenvalue weighted by Gasteiger charge is -2.37. The molecule has 5 heteroatoms. The third-order valence-electron chi connectivity index (χ3n) is 2.96. The Labute approximate surface area is 106 Å². The van der Waals surface area contributed by atoms with Gasteiger partial charge in [-0.3, -0.25) is 0 Å². The Morgan fingerprint density at radius 3 is 3.00 bits per heavy atom. The first-order valence-corrected chi connectivity index (χ1v) is 6.14. The van der Waals surface area contributed by atoms with E-state index in [2.05, 4.69) is 16.8 Å². The molecular formula is C12H17ClN2O2. The predicted octanol–water partition coefficient (Wildman–Crippen LogP) is 1.84. The Morgan fingerprint density at radius 2 is 2.29 bits per heavy atom. The van der Waals surface area contributed by atoms with Crippen molar-refractivity contribution in [2.75, 3.05) is 18.1 Å². The lowest BCUT2D eigenvalue weighted by Crippen LogP contribution is -2.47. The van der Waals surface area contributed by atoms with Gasteiger partial charge in [-0.15, -0.1) is 0 Å². The van der Waals surface area contributed by atoms with E-state index < -0.39 is 0 Å². The van der Waals surface area contributed by atoms with E-state index in [0.29, 0.717) is 17.3 Å². The molecule has 0 aliphatic carbocycles. The Balaban J connectivity index is 2.26. The van der Waals surface area contributed by atoms with Crippen molar-refractivity contribution in [3.8, 4) is 0 Å². The number of halogens is 1. The second-order valence-corrected chi connectivity index (χ2v) is 4.81. The minimum Gasteiger partial charge on any atom is -0.390 e. The number of ether oxygens (including phenoxy) is 1. The number of pyridine rings is 1. The van der Waals surface area contributed by atoms with Crippen LogP contribution >= 0.6 is 11.6 Å². The molecule has 0 spiro atoms. The number of rotatable bonds is 2. The lowest BCUT2D eigenvalue weighted by molar-refractivity contribution is 0.0340. The van der Waals surface area contributed by atoms with Crippen molar-refractivity contribution in [3.05, 3.63) is 22.8 Å². The largest absolute Gasteiger partial charge is 0.390 e. The summed E-state index contributed by atoms with van der Waals surface area (Å²) in [6.07, 6.45) is 0.196. The van der Waals surface area contributed by atoms with Crippen LogP contribution in [0.25, 0.3) is 0 Å². The second-order valence-electron chi connectivity index (χ2n) is 4.40. The molecule has 2 unspecified atom stereocenters. The zero-order valence-electron chi connectivity index (χ0n) is 10.1. The molecule has 0 saturated carbocycles. The standard InChI is InChI=1S/C12H17ClN2O2/c1-8-7-17-9(2)5-15(8)12-4-3-10(13)11(6-16)14-12/h3-4,8-9,16H,5-7H2,1-2H3. The number of anilines is 1. The van der Waals surface area contributed by atoms with Crippen molar-refractivity contribution in [1.82, 2.24) is 4.98 Å². The van der Waals surface area contributed by atoms with Gasteiger partial charge in [0.1, 0.15) is 5.82 Å². The van der Waals surface area contributed by atoms with Crippen LogP contribution in [0.15, 0.2) is 12.1 Å². The van der Waals surface area contributed by atoms with Crippen LogP contribution in [0.5, 0.6) is 0 Å². The second kappa shape index (κ2) is 5.21. The van der Waals surface area contributed by atoms with E-state index in [1.54, 1.807) is 6.07 Å². The summed E-state index contributed by atoms with van der Waals surface area (Å²) < 4.78 is 5.58. The van der Waals surface area contributed by atoms with Gasteiger partial charge in [-0.25, -0.2) is 4.98 Å². The van der Waals surface area contributed by atoms with Gasteiger partial charge in [0.25, 0.3) is 0 Å². The molecule has 1 N–H and O–H groups in total. The Morgan fingerprint density at radius 1 is 1.53 bits per heavy atom. The summed E-state index contributed by atoms with van der Waals surface area (Å²) in [5.41, 5.74) is 0.524. The van der Waals surface area contributed by atoms with Crippen LogP contribution < -0.4 is 4.90 Å². The first-order chi connectivity index (χ1) is 8.11. The fourth-order valence-corrected chi connectivity index (χ4v) is 2.13. The summed E-state index contributed by atoms with van der Waals surface area (Å²) in [4.78, 5) is 6.57. The number of hydrogen-bond acceptors (Lipinski definition) is 4. The molecule has 1 aromatic heterocycles. The van der Waals surface area contributed by atoms with E-state index >= 15 is 0 Å². The molecule has 2 rings (SSSR count). The van der Waals surface area contributed by atoms with Crippen molar-refractivity contribution in [3.63, 3.8) is 0 Å². The molecule has 2 heterocycles. The fourth-order valence-electron chi connectivity index (χ4n) is 1.97. The number of aliphatic hydroxyl groups excluding tert-OH is 1. The van der Waals surface area contributed by atoms with E-state index in [1.165, 1.54) is 0 Å². The highest BCUT2D eigenvalue weighted by Crippen LogP contribution is 2.23. The summed E-state index contributed by atoms with van der Waals surface area (Å²) in [6, 6.07) is 3.95. The molecule has 1 aromatic rings. The average Bonchev–Trinajstić information content (AvgIpc) is 2.33. The molecule has 0 amide bonds. The number of morpholine rings is 1. The third-order valence-corrected chi connectivity index (χ3v) is 3.30. The zero-order chi connectivity index (χ0) is 12.4. The van der Waals surface area contributed by atoms with Crippen LogP contribution in [0.1, 0.15) is 19.5 Å². The molecule has 4 nitrogen and oxygen atoms in total. The maximum Gasteiger partial charge on any atom is 0.129 e. The molecule has 2 atom stereocenters. The van der Waals surface area contributed by atoms with Crippen molar-refractivity contribution in [2.24, 2.45) is 0 Å². The highest BCUT2D eigenvalue weighted by atomic mass is 35.5. The highest BCUT2D eigenvalue weighted by molar-refractivity contribution is 6.31. The minimum atomic E-state index is -0.138.